The van der Waals surface area contributed by atoms with E-state index in [1.807, 2.05) is 35.9 Å². The minimum absolute atomic E-state index is 0.0891. The van der Waals surface area contributed by atoms with Crippen molar-refractivity contribution >= 4 is 17.3 Å². The van der Waals surface area contributed by atoms with Crippen molar-refractivity contribution in [3.8, 4) is 0 Å². The minimum Gasteiger partial charge on any atom is -0.393 e. The molecule has 2 N–H and O–H groups in total. The van der Waals surface area contributed by atoms with Gasteiger partial charge in [0.15, 0.2) is 0 Å². The fraction of sp³-hybridized carbons (Fsp3) is 0.400. The molecule has 106 valence electrons. The summed E-state index contributed by atoms with van der Waals surface area (Å²) in [6, 6.07) is 7.58. The highest BCUT2D eigenvalue weighted by Crippen LogP contribution is 2.42. The van der Waals surface area contributed by atoms with Crippen LogP contribution in [0.1, 0.15) is 36.9 Å². The highest BCUT2D eigenvalue weighted by atomic mass is 35.5. The summed E-state index contributed by atoms with van der Waals surface area (Å²) in [4.78, 5) is 12.4. The molecular weight excluding hydrogens is 274 g/mol. The molecule has 5 heteroatoms. The maximum absolute atomic E-state index is 12.4. The van der Waals surface area contributed by atoms with Crippen LogP contribution in [0.5, 0.6) is 0 Å². The molecule has 0 spiro atoms. The van der Waals surface area contributed by atoms with Crippen LogP contribution in [0.15, 0.2) is 29.1 Å². The second kappa shape index (κ2) is 5.02. The average molecular weight is 292 g/mol. The number of hydrogen-bond acceptors (Lipinski definition) is 2. The third kappa shape index (κ3) is 2.24. The summed E-state index contributed by atoms with van der Waals surface area (Å²) in [7, 11) is 0. The molecule has 4 nitrogen and oxygen atoms in total. The lowest BCUT2D eigenvalue weighted by atomic mass is 10.2. The van der Waals surface area contributed by atoms with E-state index in [-0.39, 0.29) is 5.56 Å². The molecule has 2 aromatic rings. The fourth-order valence-corrected chi connectivity index (χ4v) is 2.93. The number of halogens is 1. The molecule has 1 heterocycles. The van der Waals surface area contributed by atoms with Gasteiger partial charge in [0.05, 0.1) is 12.2 Å². The van der Waals surface area contributed by atoms with Gasteiger partial charge in [0.25, 0.3) is 5.56 Å². The molecule has 20 heavy (non-hydrogen) atoms. The molecule has 1 saturated carbocycles. The summed E-state index contributed by atoms with van der Waals surface area (Å²) in [5.41, 5.74) is 8.37. The predicted octanol–water partition coefficient (Wildman–Crippen LogP) is 2.83. The SMILES string of the molecule is CCn1c(C2CC2)c(N)c(=O)n1Cc1cccc(Cl)c1. The molecule has 1 aromatic heterocycles. The van der Waals surface area contributed by atoms with Gasteiger partial charge in [-0.1, -0.05) is 23.7 Å². The number of benzene rings is 1. The number of nitrogen functional groups attached to an aromatic ring is 1. The van der Waals surface area contributed by atoms with Crippen molar-refractivity contribution in [3.05, 3.63) is 50.9 Å². The van der Waals surface area contributed by atoms with Crippen LogP contribution in [-0.2, 0) is 13.1 Å². The molecule has 0 bridgehead atoms. The number of anilines is 1. The monoisotopic (exact) mass is 291 g/mol. The fourth-order valence-electron chi connectivity index (χ4n) is 2.72. The zero-order chi connectivity index (χ0) is 14.3. The highest BCUT2D eigenvalue weighted by molar-refractivity contribution is 6.30. The Bertz CT molecular complexity index is 698. The van der Waals surface area contributed by atoms with Crippen LogP contribution >= 0.6 is 11.6 Å². The van der Waals surface area contributed by atoms with Gasteiger partial charge in [-0.25, -0.2) is 4.68 Å². The Morgan fingerprint density at radius 2 is 2.10 bits per heavy atom. The number of rotatable bonds is 4. The lowest BCUT2D eigenvalue weighted by Gasteiger charge is -2.13. The summed E-state index contributed by atoms with van der Waals surface area (Å²) < 4.78 is 3.75. The summed E-state index contributed by atoms with van der Waals surface area (Å²) in [5.74, 6) is 0.461. The average Bonchev–Trinajstić information content (AvgIpc) is 3.22. The second-order valence-corrected chi connectivity index (χ2v) is 5.72. The Morgan fingerprint density at radius 3 is 2.70 bits per heavy atom. The van der Waals surface area contributed by atoms with Gasteiger partial charge >= 0.3 is 0 Å². The molecular formula is C15H18ClN3O. The van der Waals surface area contributed by atoms with Gasteiger partial charge in [0, 0.05) is 17.5 Å². The van der Waals surface area contributed by atoms with Crippen molar-refractivity contribution < 1.29 is 0 Å². The van der Waals surface area contributed by atoms with E-state index >= 15 is 0 Å². The van der Waals surface area contributed by atoms with E-state index < -0.39 is 0 Å². The Kier molecular flexibility index (Phi) is 3.34. The van der Waals surface area contributed by atoms with E-state index in [9.17, 15) is 4.79 Å². The maximum Gasteiger partial charge on any atom is 0.290 e. The van der Waals surface area contributed by atoms with Crippen molar-refractivity contribution in [3.63, 3.8) is 0 Å². The maximum atomic E-state index is 12.4. The van der Waals surface area contributed by atoms with Gasteiger partial charge in [0.2, 0.25) is 0 Å². The van der Waals surface area contributed by atoms with Crippen molar-refractivity contribution in [1.29, 1.82) is 0 Å². The Morgan fingerprint density at radius 1 is 1.35 bits per heavy atom. The first-order valence-corrected chi connectivity index (χ1v) is 7.33. The van der Waals surface area contributed by atoms with E-state index in [1.54, 1.807) is 4.68 Å². The third-order valence-corrected chi connectivity index (χ3v) is 4.03. The van der Waals surface area contributed by atoms with Crippen molar-refractivity contribution in [1.82, 2.24) is 9.36 Å². The summed E-state index contributed by atoms with van der Waals surface area (Å²) in [5, 5.41) is 0.681. The molecule has 1 aromatic carbocycles. The van der Waals surface area contributed by atoms with Gasteiger partial charge in [-0.15, -0.1) is 0 Å². The summed E-state index contributed by atoms with van der Waals surface area (Å²) in [6.07, 6.45) is 2.26. The topological polar surface area (TPSA) is 52.9 Å². The Balaban J connectivity index is 2.05. The van der Waals surface area contributed by atoms with Crippen LogP contribution < -0.4 is 11.3 Å². The molecule has 1 aliphatic carbocycles. The number of nitrogens with zero attached hydrogens (tertiary/aromatic N) is 2. The van der Waals surface area contributed by atoms with E-state index in [4.69, 9.17) is 17.3 Å². The van der Waals surface area contributed by atoms with Gasteiger partial charge in [-0.3, -0.25) is 9.48 Å². The Labute approximate surface area is 122 Å². The second-order valence-electron chi connectivity index (χ2n) is 5.28. The van der Waals surface area contributed by atoms with Crippen LogP contribution in [0.25, 0.3) is 0 Å². The highest BCUT2D eigenvalue weighted by Gasteiger charge is 2.32. The minimum atomic E-state index is -0.0891. The van der Waals surface area contributed by atoms with Crippen molar-refractivity contribution in [2.24, 2.45) is 0 Å². The largest absolute Gasteiger partial charge is 0.393 e. The predicted molar refractivity (Wildman–Crippen MR) is 81.3 cm³/mol. The van der Waals surface area contributed by atoms with Gasteiger partial charge in [0.1, 0.15) is 5.69 Å². The number of hydrogen-bond donors (Lipinski definition) is 1. The molecule has 0 atom stereocenters. The summed E-state index contributed by atoms with van der Waals surface area (Å²) in [6.45, 7) is 3.29. The molecule has 0 unspecified atom stereocenters. The van der Waals surface area contributed by atoms with Gasteiger partial charge in [-0.2, -0.15) is 0 Å². The Hall–Kier alpha value is -1.68. The smallest absolute Gasteiger partial charge is 0.290 e. The van der Waals surface area contributed by atoms with E-state index in [0.717, 1.165) is 30.6 Å². The van der Waals surface area contributed by atoms with Gasteiger partial charge in [-0.05, 0) is 37.5 Å². The molecule has 0 aliphatic heterocycles. The molecule has 3 rings (SSSR count). The standard InChI is InChI=1S/C15H18ClN3O/c1-2-18-14(11-6-7-11)13(17)15(20)19(18)9-10-4-3-5-12(16)8-10/h3-5,8,11H,2,6-7,9,17H2,1H3. The number of nitrogens with two attached hydrogens (primary N) is 1. The third-order valence-electron chi connectivity index (χ3n) is 3.80. The first-order chi connectivity index (χ1) is 9.61. The van der Waals surface area contributed by atoms with Gasteiger partial charge < -0.3 is 5.73 Å². The first kappa shape index (κ1) is 13.3. The van der Waals surface area contributed by atoms with E-state index in [0.29, 0.717) is 23.2 Å². The van der Waals surface area contributed by atoms with E-state index in [1.165, 1.54) is 0 Å². The molecule has 0 radical (unpaired) electrons. The quantitative estimate of drug-likeness (QED) is 0.942. The van der Waals surface area contributed by atoms with Crippen molar-refractivity contribution in [2.75, 3.05) is 5.73 Å². The number of aromatic nitrogens is 2. The molecule has 1 aliphatic rings. The van der Waals surface area contributed by atoms with Crippen LogP contribution in [-0.4, -0.2) is 9.36 Å². The molecule has 0 amide bonds. The zero-order valence-corrected chi connectivity index (χ0v) is 12.2. The van der Waals surface area contributed by atoms with E-state index in [2.05, 4.69) is 0 Å². The molecule has 0 saturated heterocycles. The normalized spacial score (nSPS) is 14.7. The van der Waals surface area contributed by atoms with Crippen LogP contribution in [0.3, 0.4) is 0 Å². The van der Waals surface area contributed by atoms with Crippen LogP contribution in [0.4, 0.5) is 5.69 Å². The van der Waals surface area contributed by atoms with Crippen LogP contribution in [0, 0.1) is 0 Å². The van der Waals surface area contributed by atoms with Crippen molar-refractivity contribution in [2.45, 2.75) is 38.8 Å². The lowest BCUT2D eigenvalue weighted by molar-refractivity contribution is 0.473. The summed E-state index contributed by atoms with van der Waals surface area (Å²) >= 11 is 6.00. The molecule has 1 fully saturated rings. The van der Waals surface area contributed by atoms with Crippen LogP contribution in [0.2, 0.25) is 5.02 Å². The zero-order valence-electron chi connectivity index (χ0n) is 11.5. The first-order valence-electron chi connectivity index (χ1n) is 6.95. The lowest BCUT2D eigenvalue weighted by Crippen LogP contribution is -2.24.